The van der Waals surface area contributed by atoms with E-state index in [1.807, 2.05) is 24.3 Å². The Labute approximate surface area is 128 Å². The van der Waals surface area contributed by atoms with Crippen LogP contribution >= 0.6 is 11.6 Å². The molecule has 0 bridgehead atoms. The van der Waals surface area contributed by atoms with Crippen LogP contribution in [0.4, 0.5) is 0 Å². The molecule has 2 heterocycles. The third-order valence-corrected chi connectivity index (χ3v) is 4.08. The zero-order chi connectivity index (χ0) is 14.7. The van der Waals surface area contributed by atoms with Crippen LogP contribution in [0.3, 0.4) is 0 Å². The molecular weight excluding hydrogens is 288 g/mol. The minimum atomic E-state index is 0.216. The standard InChI is InChI=1S/C16H17ClN2O2/c17-14-3-1-2-13(8-14)15-9-18-16(21-15)10-19-6-4-12(11-20)5-7-19/h1-3,8-9,11-12H,4-7,10H2. The number of halogens is 1. The molecule has 21 heavy (non-hydrogen) atoms. The van der Waals surface area contributed by atoms with Crippen molar-refractivity contribution >= 4 is 17.9 Å². The number of hydrogen-bond donors (Lipinski definition) is 0. The first kappa shape index (κ1) is 14.3. The van der Waals surface area contributed by atoms with Crippen molar-refractivity contribution in [2.24, 2.45) is 5.92 Å². The van der Waals surface area contributed by atoms with Gasteiger partial charge in [0, 0.05) is 16.5 Å². The lowest BCUT2D eigenvalue weighted by Crippen LogP contribution is -2.33. The molecule has 0 radical (unpaired) electrons. The highest BCUT2D eigenvalue weighted by atomic mass is 35.5. The van der Waals surface area contributed by atoms with Crippen LogP contribution in [-0.2, 0) is 11.3 Å². The number of carbonyl (C=O) groups is 1. The number of nitrogens with zero attached hydrogens (tertiary/aromatic N) is 2. The van der Waals surface area contributed by atoms with E-state index >= 15 is 0 Å². The Morgan fingerprint density at radius 2 is 2.19 bits per heavy atom. The summed E-state index contributed by atoms with van der Waals surface area (Å²) < 4.78 is 5.80. The summed E-state index contributed by atoms with van der Waals surface area (Å²) >= 11 is 5.99. The summed E-state index contributed by atoms with van der Waals surface area (Å²) in [7, 11) is 0. The van der Waals surface area contributed by atoms with Gasteiger partial charge in [-0.1, -0.05) is 23.7 Å². The number of rotatable bonds is 4. The molecule has 3 rings (SSSR count). The van der Waals surface area contributed by atoms with Gasteiger partial charge in [0.25, 0.3) is 0 Å². The van der Waals surface area contributed by atoms with Crippen molar-refractivity contribution in [3.63, 3.8) is 0 Å². The first-order chi connectivity index (χ1) is 10.2. The molecule has 1 aromatic heterocycles. The first-order valence-electron chi connectivity index (χ1n) is 7.13. The zero-order valence-corrected chi connectivity index (χ0v) is 12.4. The Morgan fingerprint density at radius 3 is 2.90 bits per heavy atom. The topological polar surface area (TPSA) is 46.3 Å². The number of benzene rings is 1. The van der Waals surface area contributed by atoms with Crippen LogP contribution in [0.5, 0.6) is 0 Å². The minimum absolute atomic E-state index is 0.216. The van der Waals surface area contributed by atoms with Crippen molar-refractivity contribution in [1.29, 1.82) is 0 Å². The summed E-state index contributed by atoms with van der Waals surface area (Å²) in [5.74, 6) is 1.65. The molecule has 0 spiro atoms. The fourth-order valence-electron chi connectivity index (χ4n) is 2.60. The highest BCUT2D eigenvalue weighted by Crippen LogP contribution is 2.24. The summed E-state index contributed by atoms with van der Waals surface area (Å²) in [5, 5.41) is 0.682. The smallest absolute Gasteiger partial charge is 0.209 e. The Hall–Kier alpha value is -1.65. The molecule has 0 amide bonds. The van der Waals surface area contributed by atoms with Crippen molar-refractivity contribution in [1.82, 2.24) is 9.88 Å². The van der Waals surface area contributed by atoms with Crippen molar-refractivity contribution in [2.45, 2.75) is 19.4 Å². The third-order valence-electron chi connectivity index (χ3n) is 3.85. The maximum Gasteiger partial charge on any atom is 0.209 e. The number of aldehydes is 1. The van der Waals surface area contributed by atoms with Gasteiger partial charge >= 0.3 is 0 Å². The second-order valence-electron chi connectivity index (χ2n) is 5.38. The molecule has 0 atom stereocenters. The number of likely N-dealkylation sites (tertiary alicyclic amines) is 1. The van der Waals surface area contributed by atoms with E-state index in [2.05, 4.69) is 9.88 Å². The van der Waals surface area contributed by atoms with E-state index in [0.717, 1.165) is 43.5 Å². The molecule has 0 saturated carbocycles. The van der Waals surface area contributed by atoms with Gasteiger partial charge in [-0.2, -0.15) is 0 Å². The molecule has 4 nitrogen and oxygen atoms in total. The number of hydrogen-bond acceptors (Lipinski definition) is 4. The molecule has 0 N–H and O–H groups in total. The average Bonchev–Trinajstić information content (AvgIpc) is 2.97. The van der Waals surface area contributed by atoms with E-state index in [0.29, 0.717) is 17.5 Å². The van der Waals surface area contributed by atoms with E-state index < -0.39 is 0 Å². The fraction of sp³-hybridized carbons (Fsp3) is 0.375. The first-order valence-corrected chi connectivity index (χ1v) is 7.50. The van der Waals surface area contributed by atoms with Gasteiger partial charge in [0.05, 0.1) is 12.7 Å². The fourth-order valence-corrected chi connectivity index (χ4v) is 2.79. The number of carbonyl (C=O) groups excluding carboxylic acids is 1. The Bertz CT molecular complexity index is 618. The molecule has 0 aliphatic carbocycles. The lowest BCUT2D eigenvalue weighted by molar-refractivity contribution is -0.112. The molecule has 110 valence electrons. The van der Waals surface area contributed by atoms with Gasteiger partial charge in [-0.25, -0.2) is 4.98 Å². The summed E-state index contributed by atoms with van der Waals surface area (Å²) in [5.41, 5.74) is 0.931. The van der Waals surface area contributed by atoms with Crippen molar-refractivity contribution in [3.8, 4) is 11.3 Å². The monoisotopic (exact) mass is 304 g/mol. The summed E-state index contributed by atoms with van der Waals surface area (Å²) in [6.45, 7) is 2.52. The number of oxazole rings is 1. The number of aromatic nitrogens is 1. The van der Waals surface area contributed by atoms with Crippen molar-refractivity contribution in [3.05, 3.63) is 41.4 Å². The van der Waals surface area contributed by atoms with Gasteiger partial charge in [0.1, 0.15) is 6.29 Å². The van der Waals surface area contributed by atoms with Gasteiger partial charge in [-0.3, -0.25) is 4.90 Å². The second kappa shape index (κ2) is 6.41. The van der Waals surface area contributed by atoms with E-state index in [9.17, 15) is 4.79 Å². The van der Waals surface area contributed by atoms with Gasteiger partial charge in [-0.15, -0.1) is 0 Å². The molecule has 0 unspecified atom stereocenters. The van der Waals surface area contributed by atoms with Gasteiger partial charge in [0.2, 0.25) is 5.89 Å². The molecule has 5 heteroatoms. The van der Waals surface area contributed by atoms with Crippen LogP contribution in [0, 0.1) is 5.92 Å². The quantitative estimate of drug-likeness (QED) is 0.812. The predicted molar refractivity (Wildman–Crippen MR) is 81.0 cm³/mol. The van der Waals surface area contributed by atoms with Gasteiger partial charge in [0.15, 0.2) is 5.76 Å². The molecule has 1 aliphatic rings. The summed E-state index contributed by atoms with van der Waals surface area (Å²) in [6, 6.07) is 7.54. The summed E-state index contributed by atoms with van der Waals surface area (Å²) in [6.07, 6.45) is 4.65. The molecule has 1 aromatic carbocycles. The maximum atomic E-state index is 10.8. The van der Waals surface area contributed by atoms with E-state index in [-0.39, 0.29) is 5.92 Å². The largest absolute Gasteiger partial charge is 0.439 e. The highest BCUT2D eigenvalue weighted by molar-refractivity contribution is 6.30. The van der Waals surface area contributed by atoms with Gasteiger partial charge in [-0.05, 0) is 38.1 Å². The second-order valence-corrected chi connectivity index (χ2v) is 5.81. The molecule has 1 fully saturated rings. The Kier molecular flexibility index (Phi) is 4.36. The molecular formula is C16H17ClN2O2. The van der Waals surface area contributed by atoms with E-state index in [4.69, 9.17) is 16.0 Å². The highest BCUT2D eigenvalue weighted by Gasteiger charge is 2.20. The van der Waals surface area contributed by atoms with Crippen LogP contribution in [0.15, 0.2) is 34.9 Å². The third kappa shape index (κ3) is 3.52. The molecule has 2 aromatic rings. The van der Waals surface area contributed by atoms with Crippen LogP contribution in [-0.4, -0.2) is 29.3 Å². The van der Waals surface area contributed by atoms with E-state index in [1.165, 1.54) is 0 Å². The zero-order valence-electron chi connectivity index (χ0n) is 11.7. The van der Waals surface area contributed by atoms with Crippen LogP contribution in [0.2, 0.25) is 5.02 Å². The predicted octanol–water partition coefficient (Wildman–Crippen LogP) is 3.41. The lowest BCUT2D eigenvalue weighted by Gasteiger charge is -2.28. The normalized spacial score (nSPS) is 17.0. The average molecular weight is 305 g/mol. The Balaban J connectivity index is 1.64. The van der Waals surface area contributed by atoms with Crippen molar-refractivity contribution < 1.29 is 9.21 Å². The van der Waals surface area contributed by atoms with Crippen LogP contribution < -0.4 is 0 Å². The SMILES string of the molecule is O=CC1CCN(Cc2ncc(-c3cccc(Cl)c3)o2)CC1. The Morgan fingerprint density at radius 1 is 1.38 bits per heavy atom. The minimum Gasteiger partial charge on any atom is -0.439 e. The maximum absolute atomic E-state index is 10.8. The van der Waals surface area contributed by atoms with Crippen molar-refractivity contribution in [2.75, 3.05) is 13.1 Å². The van der Waals surface area contributed by atoms with Crippen LogP contribution in [0.1, 0.15) is 18.7 Å². The summed E-state index contributed by atoms with van der Waals surface area (Å²) in [4.78, 5) is 17.4. The lowest BCUT2D eigenvalue weighted by atomic mass is 9.99. The van der Waals surface area contributed by atoms with Crippen LogP contribution in [0.25, 0.3) is 11.3 Å². The molecule has 1 saturated heterocycles. The number of piperidine rings is 1. The van der Waals surface area contributed by atoms with Gasteiger partial charge < -0.3 is 9.21 Å². The molecule has 1 aliphatic heterocycles. The van der Waals surface area contributed by atoms with E-state index in [1.54, 1.807) is 6.20 Å².